The van der Waals surface area contributed by atoms with Crippen molar-refractivity contribution in [3.63, 3.8) is 0 Å². The zero-order valence-electron chi connectivity index (χ0n) is 12.0. The van der Waals surface area contributed by atoms with Crippen LogP contribution in [-0.2, 0) is 19.6 Å². The Kier molecular flexibility index (Phi) is 3.97. The molecule has 3 heteroatoms. The van der Waals surface area contributed by atoms with Gasteiger partial charge in [0.15, 0.2) is 0 Å². The Morgan fingerprint density at radius 2 is 1.90 bits per heavy atom. The third-order valence-corrected chi connectivity index (χ3v) is 3.80. The molecule has 3 nitrogen and oxygen atoms in total. The number of anilines is 1. The Morgan fingerprint density at radius 1 is 1.15 bits per heavy atom. The van der Waals surface area contributed by atoms with Crippen LogP contribution in [0.2, 0.25) is 0 Å². The van der Waals surface area contributed by atoms with Gasteiger partial charge in [0.2, 0.25) is 0 Å². The van der Waals surface area contributed by atoms with Crippen LogP contribution < -0.4 is 10.2 Å². The van der Waals surface area contributed by atoms with E-state index in [4.69, 9.17) is 0 Å². The zero-order chi connectivity index (χ0) is 13.8. The third kappa shape index (κ3) is 2.68. The number of hydrogen-bond acceptors (Lipinski definition) is 3. The predicted octanol–water partition coefficient (Wildman–Crippen LogP) is 3.10. The summed E-state index contributed by atoms with van der Waals surface area (Å²) in [4.78, 5) is 6.72. The number of hydrogen-bond donors (Lipinski definition) is 1. The van der Waals surface area contributed by atoms with E-state index < -0.39 is 0 Å². The molecule has 2 heterocycles. The SMILES string of the molecule is CCCNCc1cnccc1N1Cc2ccccc2C1. The van der Waals surface area contributed by atoms with E-state index in [2.05, 4.69) is 52.5 Å². The summed E-state index contributed by atoms with van der Waals surface area (Å²) in [5, 5.41) is 3.47. The molecule has 3 rings (SSSR count). The standard InChI is InChI=1S/C17H21N3/c1-2-8-18-10-16-11-19-9-7-17(16)20-12-14-5-3-4-6-15(14)13-20/h3-7,9,11,18H,2,8,10,12-13H2,1H3. The minimum absolute atomic E-state index is 0.893. The Bertz CT molecular complexity index is 555. The highest BCUT2D eigenvalue weighted by atomic mass is 15.1. The number of rotatable bonds is 5. The number of pyridine rings is 1. The first kappa shape index (κ1) is 13.1. The van der Waals surface area contributed by atoms with Crippen molar-refractivity contribution in [3.8, 4) is 0 Å². The molecular weight excluding hydrogens is 246 g/mol. The summed E-state index contributed by atoms with van der Waals surface area (Å²) in [5.41, 5.74) is 5.47. The van der Waals surface area contributed by atoms with E-state index in [9.17, 15) is 0 Å². The summed E-state index contributed by atoms with van der Waals surface area (Å²) in [6, 6.07) is 10.8. The molecule has 1 aromatic carbocycles. The van der Waals surface area contributed by atoms with Gasteiger partial charge >= 0.3 is 0 Å². The van der Waals surface area contributed by atoms with E-state index in [1.165, 1.54) is 22.4 Å². The summed E-state index contributed by atoms with van der Waals surface area (Å²) in [7, 11) is 0. The molecule has 0 atom stereocenters. The molecule has 0 spiro atoms. The minimum Gasteiger partial charge on any atom is -0.362 e. The highest BCUT2D eigenvalue weighted by Crippen LogP contribution is 2.29. The van der Waals surface area contributed by atoms with Gasteiger partial charge < -0.3 is 10.2 Å². The highest BCUT2D eigenvalue weighted by molar-refractivity contribution is 5.56. The Hall–Kier alpha value is -1.87. The molecular formula is C17H21N3. The maximum Gasteiger partial charge on any atom is 0.0448 e. The first-order valence-corrected chi connectivity index (χ1v) is 7.34. The van der Waals surface area contributed by atoms with Crippen LogP contribution in [0.4, 0.5) is 5.69 Å². The van der Waals surface area contributed by atoms with Crippen molar-refractivity contribution in [2.24, 2.45) is 0 Å². The Labute approximate surface area is 120 Å². The van der Waals surface area contributed by atoms with Gasteiger partial charge in [-0.3, -0.25) is 4.98 Å². The van der Waals surface area contributed by atoms with Crippen molar-refractivity contribution in [3.05, 3.63) is 59.4 Å². The van der Waals surface area contributed by atoms with Gasteiger partial charge in [-0.15, -0.1) is 0 Å². The fourth-order valence-electron chi connectivity index (χ4n) is 2.77. The van der Waals surface area contributed by atoms with Gasteiger partial charge in [0.25, 0.3) is 0 Å². The number of nitrogens with one attached hydrogen (secondary N) is 1. The molecule has 2 aromatic rings. The summed E-state index contributed by atoms with van der Waals surface area (Å²) < 4.78 is 0. The van der Waals surface area contributed by atoms with E-state index in [0.29, 0.717) is 0 Å². The maximum atomic E-state index is 4.28. The van der Waals surface area contributed by atoms with Gasteiger partial charge in [-0.1, -0.05) is 31.2 Å². The Morgan fingerprint density at radius 3 is 2.60 bits per heavy atom. The fourth-order valence-corrected chi connectivity index (χ4v) is 2.77. The van der Waals surface area contributed by atoms with Crippen LogP contribution >= 0.6 is 0 Å². The summed E-state index contributed by atoms with van der Waals surface area (Å²) in [5.74, 6) is 0. The number of benzene rings is 1. The molecule has 0 fully saturated rings. The van der Waals surface area contributed by atoms with Crippen molar-refractivity contribution in [2.45, 2.75) is 33.0 Å². The maximum absolute atomic E-state index is 4.28. The van der Waals surface area contributed by atoms with Crippen molar-refractivity contribution in [2.75, 3.05) is 11.4 Å². The second kappa shape index (κ2) is 6.06. The van der Waals surface area contributed by atoms with E-state index in [1.807, 2.05) is 12.4 Å². The lowest BCUT2D eigenvalue weighted by Gasteiger charge is -2.21. The van der Waals surface area contributed by atoms with Crippen LogP contribution in [0.15, 0.2) is 42.7 Å². The molecule has 0 saturated carbocycles. The van der Waals surface area contributed by atoms with Gasteiger partial charge in [-0.2, -0.15) is 0 Å². The van der Waals surface area contributed by atoms with Gasteiger partial charge in [-0.25, -0.2) is 0 Å². The second-order valence-corrected chi connectivity index (χ2v) is 5.31. The molecule has 0 bridgehead atoms. The fraction of sp³-hybridized carbons (Fsp3) is 0.353. The molecule has 104 valence electrons. The van der Waals surface area contributed by atoms with Crippen LogP contribution in [-0.4, -0.2) is 11.5 Å². The normalized spacial score (nSPS) is 13.6. The van der Waals surface area contributed by atoms with E-state index >= 15 is 0 Å². The van der Waals surface area contributed by atoms with E-state index in [-0.39, 0.29) is 0 Å². The van der Waals surface area contributed by atoms with Crippen molar-refractivity contribution in [1.82, 2.24) is 10.3 Å². The Balaban J connectivity index is 1.78. The third-order valence-electron chi connectivity index (χ3n) is 3.80. The second-order valence-electron chi connectivity index (χ2n) is 5.31. The zero-order valence-corrected chi connectivity index (χ0v) is 12.0. The smallest absolute Gasteiger partial charge is 0.0448 e. The van der Waals surface area contributed by atoms with Gasteiger partial charge in [0.1, 0.15) is 0 Å². The molecule has 20 heavy (non-hydrogen) atoms. The lowest BCUT2D eigenvalue weighted by atomic mass is 10.1. The molecule has 0 radical (unpaired) electrons. The number of fused-ring (bicyclic) bond motifs is 1. The van der Waals surface area contributed by atoms with Crippen LogP contribution in [0.3, 0.4) is 0 Å². The highest BCUT2D eigenvalue weighted by Gasteiger charge is 2.20. The molecule has 1 aliphatic heterocycles. The van der Waals surface area contributed by atoms with Gasteiger partial charge in [-0.05, 0) is 30.2 Å². The lowest BCUT2D eigenvalue weighted by Crippen LogP contribution is -2.20. The summed E-state index contributed by atoms with van der Waals surface area (Å²) >= 11 is 0. The molecule has 1 aromatic heterocycles. The molecule has 1 N–H and O–H groups in total. The van der Waals surface area contributed by atoms with Crippen molar-refractivity contribution in [1.29, 1.82) is 0 Å². The van der Waals surface area contributed by atoms with Crippen LogP contribution in [0.5, 0.6) is 0 Å². The van der Waals surface area contributed by atoms with Crippen molar-refractivity contribution < 1.29 is 0 Å². The first-order valence-electron chi connectivity index (χ1n) is 7.34. The minimum atomic E-state index is 0.893. The van der Waals surface area contributed by atoms with E-state index in [1.54, 1.807) is 0 Å². The average Bonchev–Trinajstić information content (AvgIpc) is 2.92. The van der Waals surface area contributed by atoms with Crippen LogP contribution in [0, 0.1) is 0 Å². The summed E-state index contributed by atoms with van der Waals surface area (Å²) in [6.07, 6.45) is 5.04. The molecule has 0 unspecified atom stereocenters. The molecule has 0 aliphatic carbocycles. The predicted molar refractivity (Wildman–Crippen MR) is 82.6 cm³/mol. The van der Waals surface area contributed by atoms with Crippen LogP contribution in [0.25, 0.3) is 0 Å². The average molecular weight is 267 g/mol. The monoisotopic (exact) mass is 267 g/mol. The van der Waals surface area contributed by atoms with Crippen LogP contribution in [0.1, 0.15) is 30.0 Å². The first-order chi connectivity index (χ1) is 9.88. The summed E-state index contributed by atoms with van der Waals surface area (Å²) in [6.45, 7) is 6.13. The van der Waals surface area contributed by atoms with E-state index in [0.717, 1.165) is 32.6 Å². The lowest BCUT2D eigenvalue weighted by molar-refractivity contribution is 0.671. The molecule has 0 saturated heterocycles. The van der Waals surface area contributed by atoms with Gasteiger partial charge in [0, 0.05) is 43.3 Å². The van der Waals surface area contributed by atoms with Crippen molar-refractivity contribution >= 4 is 5.69 Å². The topological polar surface area (TPSA) is 28.2 Å². The van der Waals surface area contributed by atoms with Gasteiger partial charge in [0.05, 0.1) is 0 Å². The molecule has 0 amide bonds. The largest absolute Gasteiger partial charge is 0.362 e. The number of nitrogens with zero attached hydrogens (tertiary/aromatic N) is 2. The number of aromatic nitrogens is 1. The molecule has 1 aliphatic rings. The quantitative estimate of drug-likeness (QED) is 0.844.